The van der Waals surface area contributed by atoms with Gasteiger partial charge in [-0.2, -0.15) is 0 Å². The Balaban J connectivity index is 4.57. The quantitative estimate of drug-likeness (QED) is 0.527. The van der Waals surface area contributed by atoms with Crippen molar-refractivity contribution < 1.29 is 19.1 Å². The monoisotopic (exact) mass is 352 g/mol. The van der Waals surface area contributed by atoms with E-state index in [9.17, 15) is 9.59 Å². The first-order valence-corrected chi connectivity index (χ1v) is 9.35. The molecule has 2 atom stereocenters. The molecule has 0 aliphatic carbocycles. The number of ether oxygens (including phenoxy) is 2. The van der Waals surface area contributed by atoms with Crippen LogP contribution >= 0.6 is 21.6 Å². The van der Waals surface area contributed by atoms with Crippen LogP contribution in [0.4, 0.5) is 0 Å². The maximum absolute atomic E-state index is 12.0. The molecule has 0 saturated carbocycles. The second-order valence-corrected chi connectivity index (χ2v) is 9.39. The normalized spacial score (nSPS) is 15.1. The fourth-order valence-corrected chi connectivity index (χ4v) is 3.64. The van der Waals surface area contributed by atoms with Crippen LogP contribution in [0, 0.1) is 0 Å². The third-order valence-corrected chi connectivity index (χ3v) is 5.13. The van der Waals surface area contributed by atoms with Crippen molar-refractivity contribution >= 4 is 33.5 Å². The first kappa shape index (κ1) is 21.6. The van der Waals surface area contributed by atoms with Gasteiger partial charge in [-0.1, -0.05) is 21.6 Å². The molecular formula is C14H28N2O4S2. The van der Waals surface area contributed by atoms with Crippen molar-refractivity contribution in [2.45, 2.75) is 63.2 Å². The lowest BCUT2D eigenvalue weighted by molar-refractivity contribution is -0.155. The van der Waals surface area contributed by atoms with Crippen LogP contribution in [0.25, 0.3) is 0 Å². The molecule has 0 aromatic rings. The summed E-state index contributed by atoms with van der Waals surface area (Å²) in [5.74, 6) is -0.792. The van der Waals surface area contributed by atoms with Crippen LogP contribution in [0.3, 0.4) is 0 Å². The van der Waals surface area contributed by atoms with Gasteiger partial charge in [-0.3, -0.25) is 9.59 Å². The fraction of sp³-hybridized carbons (Fsp3) is 0.857. The molecule has 2 unspecified atom stereocenters. The van der Waals surface area contributed by atoms with E-state index in [1.165, 1.54) is 21.6 Å². The Morgan fingerprint density at radius 3 is 1.27 bits per heavy atom. The van der Waals surface area contributed by atoms with Crippen LogP contribution in [-0.2, 0) is 19.1 Å². The van der Waals surface area contributed by atoms with Crippen LogP contribution in [-0.4, -0.2) is 46.7 Å². The third-order valence-electron chi connectivity index (χ3n) is 2.06. The molecule has 8 heteroatoms. The van der Waals surface area contributed by atoms with Crippen LogP contribution in [0.2, 0.25) is 0 Å². The number of rotatable bonds is 7. The standard InChI is InChI=1S/C14H28N2O4S2/c1-13(2,3)19-11(17)9(7-15)21-22-10(8-16)12(18)20-14(4,5)6/h9-10H,7-8,15-16H2,1-6H3. The van der Waals surface area contributed by atoms with Gasteiger partial charge in [-0.15, -0.1) is 0 Å². The van der Waals surface area contributed by atoms with Crippen molar-refractivity contribution in [3.05, 3.63) is 0 Å². The molecular weight excluding hydrogens is 324 g/mol. The van der Waals surface area contributed by atoms with Gasteiger partial charge in [-0.05, 0) is 41.5 Å². The lowest BCUT2D eigenvalue weighted by atomic mass is 10.2. The van der Waals surface area contributed by atoms with E-state index < -0.39 is 33.6 Å². The number of esters is 2. The van der Waals surface area contributed by atoms with E-state index >= 15 is 0 Å². The summed E-state index contributed by atoms with van der Waals surface area (Å²) in [6.45, 7) is 11.0. The predicted molar refractivity (Wildman–Crippen MR) is 92.6 cm³/mol. The molecule has 0 radical (unpaired) electrons. The van der Waals surface area contributed by atoms with Gasteiger partial charge in [0.2, 0.25) is 0 Å². The summed E-state index contributed by atoms with van der Waals surface area (Å²) in [4.78, 5) is 24.0. The maximum atomic E-state index is 12.0. The molecule has 0 aromatic carbocycles. The number of hydrogen-bond acceptors (Lipinski definition) is 8. The Morgan fingerprint density at radius 1 is 0.818 bits per heavy atom. The topological polar surface area (TPSA) is 105 Å². The molecule has 0 amide bonds. The Labute approximate surface area is 140 Å². The second-order valence-electron chi connectivity index (χ2n) is 6.71. The van der Waals surface area contributed by atoms with Crippen molar-refractivity contribution in [1.29, 1.82) is 0 Å². The van der Waals surface area contributed by atoms with E-state index in [-0.39, 0.29) is 13.1 Å². The molecule has 0 aliphatic rings. The fourth-order valence-electron chi connectivity index (χ4n) is 1.22. The van der Waals surface area contributed by atoms with Gasteiger partial charge in [0, 0.05) is 13.1 Å². The number of carbonyl (C=O) groups is 2. The van der Waals surface area contributed by atoms with E-state index in [2.05, 4.69) is 0 Å². The summed E-state index contributed by atoms with van der Waals surface area (Å²) in [7, 11) is 2.39. The van der Waals surface area contributed by atoms with E-state index in [4.69, 9.17) is 20.9 Å². The minimum absolute atomic E-state index is 0.123. The number of hydrogen-bond donors (Lipinski definition) is 2. The van der Waals surface area contributed by atoms with Crippen molar-refractivity contribution in [2.75, 3.05) is 13.1 Å². The Hall–Kier alpha value is -0.440. The van der Waals surface area contributed by atoms with Crippen molar-refractivity contribution in [1.82, 2.24) is 0 Å². The molecule has 0 heterocycles. The summed E-state index contributed by atoms with van der Waals surface area (Å²) in [6.07, 6.45) is 0. The zero-order valence-corrected chi connectivity index (χ0v) is 15.8. The van der Waals surface area contributed by atoms with Gasteiger partial charge in [0.15, 0.2) is 0 Å². The van der Waals surface area contributed by atoms with Gasteiger partial charge >= 0.3 is 11.9 Å². The highest BCUT2D eigenvalue weighted by Gasteiger charge is 2.29. The molecule has 0 saturated heterocycles. The molecule has 22 heavy (non-hydrogen) atoms. The average molecular weight is 353 g/mol. The minimum Gasteiger partial charge on any atom is -0.459 e. The van der Waals surface area contributed by atoms with E-state index in [0.29, 0.717) is 0 Å². The van der Waals surface area contributed by atoms with Gasteiger partial charge in [0.05, 0.1) is 0 Å². The minimum atomic E-state index is -0.575. The highest BCUT2D eigenvalue weighted by atomic mass is 33.1. The third kappa shape index (κ3) is 9.55. The molecule has 0 fully saturated rings. The highest BCUT2D eigenvalue weighted by Crippen LogP contribution is 2.33. The van der Waals surface area contributed by atoms with Gasteiger partial charge in [-0.25, -0.2) is 0 Å². The van der Waals surface area contributed by atoms with Gasteiger partial charge in [0.25, 0.3) is 0 Å². The van der Waals surface area contributed by atoms with Gasteiger partial charge in [0.1, 0.15) is 21.7 Å². The van der Waals surface area contributed by atoms with Crippen LogP contribution < -0.4 is 11.5 Å². The molecule has 130 valence electrons. The lowest BCUT2D eigenvalue weighted by Gasteiger charge is -2.25. The summed E-state index contributed by atoms with van der Waals surface area (Å²) in [5, 5.41) is -1.11. The maximum Gasteiger partial charge on any atom is 0.321 e. The largest absolute Gasteiger partial charge is 0.459 e. The van der Waals surface area contributed by atoms with Crippen molar-refractivity contribution in [2.24, 2.45) is 11.5 Å². The smallest absolute Gasteiger partial charge is 0.321 e. The molecule has 0 aliphatic heterocycles. The zero-order valence-electron chi connectivity index (χ0n) is 14.2. The first-order chi connectivity index (χ1) is 9.89. The van der Waals surface area contributed by atoms with Crippen molar-refractivity contribution in [3.8, 4) is 0 Å². The molecule has 0 bridgehead atoms. The number of nitrogens with two attached hydrogens (primary N) is 2. The SMILES string of the molecule is CC(C)(C)OC(=O)C(CN)SSC(CN)C(=O)OC(C)(C)C. The summed E-state index contributed by atoms with van der Waals surface area (Å²) < 4.78 is 10.6. The molecule has 0 rings (SSSR count). The molecule has 0 aromatic heterocycles. The Bertz CT molecular complexity index is 342. The Kier molecular flexibility index (Phi) is 8.82. The van der Waals surface area contributed by atoms with Gasteiger partial charge < -0.3 is 20.9 Å². The molecule has 0 spiro atoms. The molecule has 6 nitrogen and oxygen atoms in total. The summed E-state index contributed by atoms with van der Waals surface area (Å²) >= 11 is 0. The zero-order chi connectivity index (χ0) is 17.6. The van der Waals surface area contributed by atoms with Crippen LogP contribution in [0.1, 0.15) is 41.5 Å². The second kappa shape index (κ2) is 9.00. The lowest BCUT2D eigenvalue weighted by Crippen LogP contribution is -2.36. The summed E-state index contributed by atoms with van der Waals surface area (Å²) in [5.41, 5.74) is 10.1. The number of carbonyl (C=O) groups excluding carboxylic acids is 2. The summed E-state index contributed by atoms with van der Waals surface area (Å²) in [6, 6.07) is 0. The van der Waals surface area contributed by atoms with Crippen molar-refractivity contribution in [3.63, 3.8) is 0 Å². The first-order valence-electron chi connectivity index (χ1n) is 7.07. The Morgan fingerprint density at radius 2 is 1.09 bits per heavy atom. The predicted octanol–water partition coefficient (Wildman–Crippen LogP) is 1.71. The van der Waals surface area contributed by atoms with Crippen LogP contribution in [0.15, 0.2) is 0 Å². The van der Waals surface area contributed by atoms with E-state index in [1.807, 2.05) is 0 Å². The van der Waals surface area contributed by atoms with E-state index in [0.717, 1.165) is 0 Å². The van der Waals surface area contributed by atoms with E-state index in [1.54, 1.807) is 41.5 Å². The average Bonchev–Trinajstić information content (AvgIpc) is 2.29. The highest BCUT2D eigenvalue weighted by molar-refractivity contribution is 8.77. The van der Waals surface area contributed by atoms with Crippen LogP contribution in [0.5, 0.6) is 0 Å². The molecule has 4 N–H and O–H groups in total.